The van der Waals surface area contributed by atoms with Crippen molar-refractivity contribution < 1.29 is 22.7 Å². The Kier molecular flexibility index (Phi) is 8.03. The van der Waals surface area contributed by atoms with Gasteiger partial charge in [0.25, 0.3) is 0 Å². The highest BCUT2D eigenvalue weighted by Crippen LogP contribution is 2.29. The van der Waals surface area contributed by atoms with Crippen molar-refractivity contribution in [3.8, 4) is 5.75 Å². The number of carbonyl (C=O) groups is 1. The molecule has 0 radical (unpaired) electrons. The van der Waals surface area contributed by atoms with Gasteiger partial charge in [-0.2, -0.15) is 0 Å². The van der Waals surface area contributed by atoms with Crippen LogP contribution in [-0.4, -0.2) is 54.3 Å². The number of anilines is 3. The minimum atomic E-state index is -4.73. The molecule has 3 aromatic rings. The average Bonchev–Trinajstić information content (AvgIpc) is 3.20. The second-order valence-corrected chi connectivity index (χ2v) is 9.37. The molecule has 1 aromatic heterocycles. The molecule has 0 saturated carbocycles. The molecule has 0 spiro atoms. The van der Waals surface area contributed by atoms with E-state index in [0.717, 1.165) is 11.3 Å². The summed E-state index contributed by atoms with van der Waals surface area (Å²) in [4.78, 5) is 16.1. The number of nitrogens with one attached hydrogen (secondary N) is 1. The van der Waals surface area contributed by atoms with Crippen LogP contribution in [0.15, 0.2) is 52.9 Å². The Hall–Kier alpha value is -2.99. The molecule has 0 atom stereocenters. The quantitative estimate of drug-likeness (QED) is 0.418. The van der Waals surface area contributed by atoms with Gasteiger partial charge in [0.2, 0.25) is 11.0 Å². The maximum absolute atomic E-state index is 12.5. The first-order chi connectivity index (χ1) is 15.6. The Labute approximate surface area is 197 Å². The van der Waals surface area contributed by atoms with E-state index in [2.05, 4.69) is 20.3 Å². The minimum Gasteiger partial charge on any atom is -0.406 e. The zero-order valence-electron chi connectivity index (χ0n) is 18.1. The van der Waals surface area contributed by atoms with E-state index in [4.69, 9.17) is 0 Å². The van der Waals surface area contributed by atoms with Crippen LogP contribution in [0.25, 0.3) is 0 Å². The molecule has 33 heavy (non-hydrogen) atoms. The van der Waals surface area contributed by atoms with Crippen molar-refractivity contribution in [3.05, 3.63) is 54.1 Å². The van der Waals surface area contributed by atoms with E-state index in [1.54, 1.807) is 11.9 Å². The predicted octanol–water partition coefficient (Wildman–Crippen LogP) is 5.00. The molecule has 2 aromatic carbocycles. The topological polar surface area (TPSA) is 70.6 Å². The molecule has 0 aliphatic rings. The Morgan fingerprint density at radius 3 is 2.33 bits per heavy atom. The van der Waals surface area contributed by atoms with Gasteiger partial charge in [0.15, 0.2) is 4.34 Å². The Morgan fingerprint density at radius 1 is 1.06 bits per heavy atom. The number of rotatable bonds is 9. The molecule has 7 nitrogen and oxygen atoms in total. The molecule has 0 aliphatic carbocycles. The van der Waals surface area contributed by atoms with Gasteiger partial charge < -0.3 is 19.9 Å². The van der Waals surface area contributed by atoms with E-state index in [1.807, 2.05) is 43.3 Å². The van der Waals surface area contributed by atoms with Gasteiger partial charge in [0, 0.05) is 39.1 Å². The third-order valence-electron chi connectivity index (χ3n) is 4.36. The van der Waals surface area contributed by atoms with E-state index in [-0.39, 0.29) is 17.4 Å². The molecule has 12 heteroatoms. The molecule has 0 aliphatic heterocycles. The van der Waals surface area contributed by atoms with Crippen molar-refractivity contribution in [2.75, 3.05) is 37.1 Å². The van der Waals surface area contributed by atoms with Gasteiger partial charge in [-0.1, -0.05) is 35.2 Å². The van der Waals surface area contributed by atoms with Gasteiger partial charge in [0.1, 0.15) is 5.75 Å². The van der Waals surface area contributed by atoms with Crippen LogP contribution < -0.4 is 15.0 Å². The molecule has 0 saturated heterocycles. The lowest BCUT2D eigenvalue weighted by atomic mass is 10.2. The van der Waals surface area contributed by atoms with E-state index >= 15 is 0 Å². The molecule has 1 amide bonds. The summed E-state index contributed by atoms with van der Waals surface area (Å²) in [6.45, 7) is 0.504. The standard InChI is InChI=1S/C21H22F3N5O2S2/c1-28(2)16-8-4-14(5-9-16)12-29(3)18(30)13-32-20-27-26-19(33-20)25-15-6-10-17(11-7-15)31-21(22,23)24/h4-11H,12-13H2,1-3H3,(H,25,26). The Bertz CT molecular complexity index is 1060. The summed E-state index contributed by atoms with van der Waals surface area (Å²) < 4.78 is 41.2. The first kappa shape index (κ1) is 24.6. The minimum absolute atomic E-state index is 0.0401. The van der Waals surface area contributed by atoms with Crippen molar-refractivity contribution in [1.82, 2.24) is 15.1 Å². The smallest absolute Gasteiger partial charge is 0.406 e. The first-order valence-corrected chi connectivity index (χ1v) is 11.5. The number of thioether (sulfide) groups is 1. The molecule has 176 valence electrons. The number of ether oxygens (including phenoxy) is 1. The van der Waals surface area contributed by atoms with Crippen molar-refractivity contribution in [3.63, 3.8) is 0 Å². The number of alkyl halides is 3. The number of benzene rings is 2. The number of halogens is 3. The zero-order chi connectivity index (χ0) is 24.0. The van der Waals surface area contributed by atoms with E-state index in [1.165, 1.54) is 47.4 Å². The normalized spacial score (nSPS) is 11.2. The van der Waals surface area contributed by atoms with Crippen molar-refractivity contribution in [1.29, 1.82) is 0 Å². The van der Waals surface area contributed by atoms with Gasteiger partial charge in [-0.05, 0) is 42.0 Å². The lowest BCUT2D eigenvalue weighted by Crippen LogP contribution is -2.27. The summed E-state index contributed by atoms with van der Waals surface area (Å²) in [5, 5.41) is 11.5. The van der Waals surface area contributed by atoms with Gasteiger partial charge in [-0.15, -0.1) is 23.4 Å². The summed E-state index contributed by atoms with van der Waals surface area (Å²) in [5.41, 5.74) is 2.67. The molecular formula is C21H22F3N5O2S2. The van der Waals surface area contributed by atoms with Crippen LogP contribution in [0.5, 0.6) is 5.75 Å². The Morgan fingerprint density at radius 2 is 1.73 bits per heavy atom. The fourth-order valence-electron chi connectivity index (χ4n) is 2.68. The highest BCUT2D eigenvalue weighted by molar-refractivity contribution is 8.01. The van der Waals surface area contributed by atoms with Crippen LogP contribution in [0.2, 0.25) is 0 Å². The van der Waals surface area contributed by atoms with Crippen molar-refractivity contribution >= 4 is 45.5 Å². The molecule has 0 unspecified atom stereocenters. The van der Waals surface area contributed by atoms with E-state index in [9.17, 15) is 18.0 Å². The van der Waals surface area contributed by atoms with Crippen molar-refractivity contribution in [2.45, 2.75) is 17.2 Å². The fourth-order valence-corrected chi connectivity index (χ4v) is 4.39. The van der Waals surface area contributed by atoms with Gasteiger partial charge in [0.05, 0.1) is 5.75 Å². The SMILES string of the molecule is CN(Cc1ccc(N(C)C)cc1)C(=O)CSc1nnc(Nc2ccc(OC(F)(F)F)cc2)s1. The number of carbonyl (C=O) groups excluding carboxylic acids is 1. The summed E-state index contributed by atoms with van der Waals surface area (Å²) >= 11 is 2.52. The van der Waals surface area contributed by atoms with Gasteiger partial charge >= 0.3 is 6.36 Å². The number of aromatic nitrogens is 2. The summed E-state index contributed by atoms with van der Waals surface area (Å²) in [5.74, 6) is -0.135. The summed E-state index contributed by atoms with van der Waals surface area (Å²) in [6.07, 6.45) is -4.73. The second-order valence-electron chi connectivity index (χ2n) is 7.17. The first-order valence-electron chi connectivity index (χ1n) is 9.68. The number of hydrogen-bond acceptors (Lipinski definition) is 8. The van der Waals surface area contributed by atoms with Gasteiger partial charge in [-0.3, -0.25) is 4.79 Å². The highest BCUT2D eigenvalue weighted by atomic mass is 32.2. The van der Waals surface area contributed by atoms with Crippen molar-refractivity contribution in [2.24, 2.45) is 0 Å². The maximum atomic E-state index is 12.5. The maximum Gasteiger partial charge on any atom is 0.573 e. The lowest BCUT2D eigenvalue weighted by Gasteiger charge is -2.18. The number of nitrogens with zero attached hydrogens (tertiary/aromatic N) is 4. The lowest BCUT2D eigenvalue weighted by molar-refractivity contribution is -0.274. The van der Waals surface area contributed by atoms with Crippen LogP contribution in [0.4, 0.5) is 29.7 Å². The molecular weight excluding hydrogens is 475 g/mol. The molecule has 0 bridgehead atoms. The van der Waals surface area contributed by atoms with E-state index in [0.29, 0.717) is 21.7 Å². The van der Waals surface area contributed by atoms with Gasteiger partial charge in [-0.25, -0.2) is 0 Å². The number of amides is 1. The van der Waals surface area contributed by atoms with Crippen LogP contribution in [0, 0.1) is 0 Å². The largest absolute Gasteiger partial charge is 0.573 e. The van der Waals surface area contributed by atoms with Crippen LogP contribution in [-0.2, 0) is 11.3 Å². The molecule has 1 N–H and O–H groups in total. The van der Waals surface area contributed by atoms with Crippen LogP contribution >= 0.6 is 23.1 Å². The summed E-state index contributed by atoms with van der Waals surface area (Å²) in [6, 6.07) is 13.3. The molecule has 1 heterocycles. The fraction of sp³-hybridized carbons (Fsp3) is 0.286. The van der Waals surface area contributed by atoms with Crippen LogP contribution in [0.1, 0.15) is 5.56 Å². The molecule has 0 fully saturated rings. The summed E-state index contributed by atoms with van der Waals surface area (Å²) in [7, 11) is 5.70. The van der Waals surface area contributed by atoms with Crippen LogP contribution in [0.3, 0.4) is 0 Å². The highest BCUT2D eigenvalue weighted by Gasteiger charge is 2.30. The second kappa shape index (κ2) is 10.8. The monoisotopic (exact) mass is 497 g/mol. The predicted molar refractivity (Wildman–Crippen MR) is 124 cm³/mol. The third kappa shape index (κ3) is 7.82. The Balaban J connectivity index is 1.47. The zero-order valence-corrected chi connectivity index (χ0v) is 19.7. The molecule has 3 rings (SSSR count). The number of hydrogen-bond donors (Lipinski definition) is 1. The van der Waals surface area contributed by atoms with E-state index < -0.39 is 6.36 Å². The third-order valence-corrected chi connectivity index (χ3v) is 6.32. The average molecular weight is 498 g/mol.